The summed E-state index contributed by atoms with van der Waals surface area (Å²) in [6.45, 7) is 2.02. The van der Waals surface area contributed by atoms with Crippen LogP contribution in [0.4, 0.5) is 0 Å². The molecule has 0 saturated carbocycles. The summed E-state index contributed by atoms with van der Waals surface area (Å²) in [5.41, 5.74) is 0. The Labute approximate surface area is 127 Å². The van der Waals surface area contributed by atoms with E-state index in [-0.39, 0.29) is 5.91 Å². The Hall–Kier alpha value is -0.520. The zero-order chi connectivity index (χ0) is 13.5. The molecule has 0 aromatic heterocycles. The SMILES string of the molecule is O=C(CCSc1ccc(Br)cc1)NC1CCNCC1. The minimum Gasteiger partial charge on any atom is -0.353 e. The van der Waals surface area contributed by atoms with Crippen LogP contribution in [0.1, 0.15) is 19.3 Å². The van der Waals surface area contributed by atoms with Crippen molar-refractivity contribution < 1.29 is 4.79 Å². The molecule has 0 aliphatic carbocycles. The van der Waals surface area contributed by atoms with E-state index in [1.165, 1.54) is 4.90 Å². The van der Waals surface area contributed by atoms with E-state index in [1.54, 1.807) is 11.8 Å². The molecule has 19 heavy (non-hydrogen) atoms. The third-order valence-electron chi connectivity index (χ3n) is 3.12. The standard InChI is InChI=1S/C14H19BrN2OS/c15-11-1-3-13(4-2-11)19-10-7-14(18)17-12-5-8-16-9-6-12/h1-4,12,16H,5-10H2,(H,17,18). The maximum Gasteiger partial charge on any atom is 0.221 e. The molecule has 0 radical (unpaired) electrons. The lowest BCUT2D eigenvalue weighted by molar-refractivity contribution is -0.121. The first-order chi connectivity index (χ1) is 9.24. The molecular weight excluding hydrogens is 324 g/mol. The van der Waals surface area contributed by atoms with Gasteiger partial charge in [0.15, 0.2) is 0 Å². The van der Waals surface area contributed by atoms with Gasteiger partial charge in [-0.2, -0.15) is 0 Å². The Kier molecular flexibility index (Phi) is 6.20. The van der Waals surface area contributed by atoms with Crippen molar-refractivity contribution >= 4 is 33.6 Å². The molecule has 1 heterocycles. The van der Waals surface area contributed by atoms with Crippen LogP contribution in [0.3, 0.4) is 0 Å². The number of amides is 1. The fourth-order valence-corrected chi connectivity index (χ4v) is 3.17. The lowest BCUT2D eigenvalue weighted by atomic mass is 10.1. The summed E-state index contributed by atoms with van der Waals surface area (Å²) in [6.07, 6.45) is 2.68. The molecule has 0 bridgehead atoms. The average molecular weight is 343 g/mol. The van der Waals surface area contributed by atoms with Crippen molar-refractivity contribution in [3.8, 4) is 0 Å². The van der Waals surface area contributed by atoms with Gasteiger partial charge in [0.05, 0.1) is 0 Å². The highest BCUT2D eigenvalue weighted by Gasteiger charge is 2.14. The van der Waals surface area contributed by atoms with Crippen LogP contribution in [0.5, 0.6) is 0 Å². The van der Waals surface area contributed by atoms with Gasteiger partial charge in [0.1, 0.15) is 0 Å². The Morgan fingerprint density at radius 3 is 2.68 bits per heavy atom. The van der Waals surface area contributed by atoms with Crippen molar-refractivity contribution in [1.29, 1.82) is 0 Å². The molecule has 3 nitrogen and oxygen atoms in total. The number of thioether (sulfide) groups is 1. The van der Waals surface area contributed by atoms with Crippen molar-refractivity contribution in [2.24, 2.45) is 0 Å². The summed E-state index contributed by atoms with van der Waals surface area (Å²) in [4.78, 5) is 13.0. The quantitative estimate of drug-likeness (QED) is 0.808. The second kappa shape index (κ2) is 7.92. The normalized spacial score (nSPS) is 16.3. The summed E-state index contributed by atoms with van der Waals surface area (Å²) in [5, 5.41) is 6.41. The number of hydrogen-bond acceptors (Lipinski definition) is 3. The smallest absolute Gasteiger partial charge is 0.221 e. The molecule has 1 aliphatic rings. The topological polar surface area (TPSA) is 41.1 Å². The van der Waals surface area contributed by atoms with E-state index < -0.39 is 0 Å². The van der Waals surface area contributed by atoms with Crippen LogP contribution in [-0.4, -0.2) is 30.8 Å². The third kappa shape index (κ3) is 5.55. The van der Waals surface area contributed by atoms with Crippen molar-refractivity contribution in [3.05, 3.63) is 28.7 Å². The number of nitrogens with one attached hydrogen (secondary N) is 2. The maximum absolute atomic E-state index is 11.8. The van der Waals surface area contributed by atoms with Crippen LogP contribution in [0.15, 0.2) is 33.6 Å². The Morgan fingerprint density at radius 2 is 2.00 bits per heavy atom. The highest BCUT2D eigenvalue weighted by molar-refractivity contribution is 9.10. The van der Waals surface area contributed by atoms with Gasteiger partial charge in [-0.15, -0.1) is 11.8 Å². The maximum atomic E-state index is 11.8. The zero-order valence-electron chi connectivity index (χ0n) is 10.8. The summed E-state index contributed by atoms with van der Waals surface area (Å²) in [7, 11) is 0. The number of carbonyl (C=O) groups excluding carboxylic acids is 1. The number of hydrogen-bond donors (Lipinski definition) is 2. The fraction of sp³-hybridized carbons (Fsp3) is 0.500. The molecule has 0 spiro atoms. The molecule has 1 saturated heterocycles. The molecule has 1 aliphatic heterocycles. The van der Waals surface area contributed by atoms with Crippen molar-refractivity contribution in [2.75, 3.05) is 18.8 Å². The van der Waals surface area contributed by atoms with E-state index in [1.807, 2.05) is 12.1 Å². The average Bonchev–Trinajstić information content (AvgIpc) is 2.42. The van der Waals surface area contributed by atoms with Crippen LogP contribution in [0.25, 0.3) is 0 Å². The minimum atomic E-state index is 0.177. The predicted molar refractivity (Wildman–Crippen MR) is 83.5 cm³/mol. The van der Waals surface area contributed by atoms with Crippen LogP contribution in [0, 0.1) is 0 Å². The summed E-state index contributed by atoms with van der Waals surface area (Å²) in [5.74, 6) is 1.01. The van der Waals surface area contributed by atoms with Crippen molar-refractivity contribution in [1.82, 2.24) is 10.6 Å². The van der Waals surface area contributed by atoms with Gasteiger partial charge in [-0.3, -0.25) is 4.79 Å². The second-order valence-corrected chi connectivity index (χ2v) is 6.73. The molecule has 5 heteroatoms. The Balaban J connectivity index is 1.64. The van der Waals surface area contributed by atoms with Gasteiger partial charge in [0.25, 0.3) is 0 Å². The summed E-state index contributed by atoms with van der Waals surface area (Å²) in [6, 6.07) is 8.56. The predicted octanol–water partition coefficient (Wildman–Crippen LogP) is 2.80. The summed E-state index contributed by atoms with van der Waals surface area (Å²) >= 11 is 5.14. The molecule has 2 rings (SSSR count). The molecule has 0 unspecified atom stereocenters. The number of rotatable bonds is 5. The van der Waals surface area contributed by atoms with E-state index in [9.17, 15) is 4.79 Å². The summed E-state index contributed by atoms with van der Waals surface area (Å²) < 4.78 is 1.08. The Bertz CT molecular complexity index is 404. The van der Waals surface area contributed by atoms with Crippen molar-refractivity contribution in [2.45, 2.75) is 30.2 Å². The molecule has 1 aromatic carbocycles. The largest absolute Gasteiger partial charge is 0.353 e. The van der Waals surface area contributed by atoms with Crippen LogP contribution in [-0.2, 0) is 4.79 Å². The number of halogens is 1. The monoisotopic (exact) mass is 342 g/mol. The van der Waals surface area contributed by atoms with Crippen LogP contribution in [0.2, 0.25) is 0 Å². The number of carbonyl (C=O) groups is 1. The first-order valence-corrected chi connectivity index (χ1v) is 8.40. The first kappa shape index (κ1) is 14.9. The number of piperidine rings is 1. The van der Waals surface area contributed by atoms with E-state index in [4.69, 9.17) is 0 Å². The van der Waals surface area contributed by atoms with Gasteiger partial charge in [-0.25, -0.2) is 0 Å². The number of benzene rings is 1. The zero-order valence-corrected chi connectivity index (χ0v) is 13.2. The molecule has 104 valence electrons. The highest BCUT2D eigenvalue weighted by Crippen LogP contribution is 2.21. The minimum absolute atomic E-state index is 0.177. The van der Waals surface area contributed by atoms with Crippen LogP contribution >= 0.6 is 27.7 Å². The highest BCUT2D eigenvalue weighted by atomic mass is 79.9. The van der Waals surface area contributed by atoms with Gasteiger partial charge in [-0.1, -0.05) is 15.9 Å². The van der Waals surface area contributed by atoms with Crippen molar-refractivity contribution in [3.63, 3.8) is 0 Å². The second-order valence-electron chi connectivity index (χ2n) is 4.64. The van der Waals surface area contributed by atoms with Gasteiger partial charge >= 0.3 is 0 Å². The third-order valence-corrected chi connectivity index (χ3v) is 4.66. The van der Waals surface area contributed by atoms with E-state index >= 15 is 0 Å². The molecule has 0 atom stereocenters. The van der Waals surface area contributed by atoms with E-state index in [0.29, 0.717) is 12.5 Å². The molecular formula is C14H19BrN2OS. The molecule has 1 amide bonds. The van der Waals surface area contributed by atoms with Gasteiger partial charge in [0.2, 0.25) is 5.91 Å². The van der Waals surface area contributed by atoms with E-state index in [2.05, 4.69) is 38.7 Å². The van der Waals surface area contributed by atoms with Crippen LogP contribution < -0.4 is 10.6 Å². The molecule has 1 aromatic rings. The molecule has 1 fully saturated rings. The Morgan fingerprint density at radius 1 is 1.32 bits per heavy atom. The van der Waals surface area contributed by atoms with Gasteiger partial charge in [-0.05, 0) is 50.2 Å². The lowest BCUT2D eigenvalue weighted by Gasteiger charge is -2.23. The first-order valence-electron chi connectivity index (χ1n) is 6.62. The van der Waals surface area contributed by atoms with Gasteiger partial charge < -0.3 is 10.6 Å². The van der Waals surface area contributed by atoms with Gasteiger partial charge in [0, 0.05) is 27.6 Å². The van der Waals surface area contributed by atoms with E-state index in [0.717, 1.165) is 36.2 Å². The lowest BCUT2D eigenvalue weighted by Crippen LogP contribution is -2.42. The fourth-order valence-electron chi connectivity index (χ4n) is 2.06. The molecule has 2 N–H and O–H groups in total.